The number of anilines is 2. The first-order valence-electron chi connectivity index (χ1n) is 4.78. The van der Waals surface area contributed by atoms with E-state index in [1.165, 1.54) is 12.1 Å². The SMILES string of the molecule is Cc1cc(F)ccc1Nc1cc(Cl)nnc1Cl. The molecule has 0 saturated carbocycles. The van der Waals surface area contributed by atoms with Gasteiger partial charge in [0, 0.05) is 11.8 Å². The van der Waals surface area contributed by atoms with Gasteiger partial charge in [0.1, 0.15) is 5.82 Å². The van der Waals surface area contributed by atoms with Gasteiger partial charge in [-0.3, -0.25) is 0 Å². The van der Waals surface area contributed by atoms with Crippen molar-refractivity contribution in [3.05, 3.63) is 46.0 Å². The highest BCUT2D eigenvalue weighted by atomic mass is 35.5. The number of hydrogen-bond acceptors (Lipinski definition) is 3. The van der Waals surface area contributed by atoms with Crippen LogP contribution in [0.5, 0.6) is 0 Å². The average molecular weight is 272 g/mol. The van der Waals surface area contributed by atoms with Crippen molar-refractivity contribution in [3.8, 4) is 0 Å². The summed E-state index contributed by atoms with van der Waals surface area (Å²) in [5.74, 6) is -0.287. The molecule has 3 nitrogen and oxygen atoms in total. The Morgan fingerprint density at radius 3 is 2.59 bits per heavy atom. The zero-order chi connectivity index (χ0) is 12.4. The molecule has 0 radical (unpaired) electrons. The largest absolute Gasteiger partial charge is 0.353 e. The van der Waals surface area contributed by atoms with Gasteiger partial charge in [0.05, 0.1) is 5.69 Å². The standard InChI is InChI=1S/C11H8Cl2FN3/c1-6-4-7(14)2-3-8(6)15-9-5-10(12)16-17-11(9)13/h2-5H,1H3,(H,15,16). The second-order valence-corrected chi connectivity index (χ2v) is 4.20. The lowest BCUT2D eigenvalue weighted by atomic mass is 10.2. The molecule has 6 heteroatoms. The zero-order valence-electron chi connectivity index (χ0n) is 8.84. The summed E-state index contributed by atoms with van der Waals surface area (Å²) < 4.78 is 12.9. The molecule has 0 atom stereocenters. The maximum absolute atomic E-state index is 12.9. The van der Waals surface area contributed by atoms with Crippen LogP contribution < -0.4 is 5.32 Å². The Labute approximate surface area is 108 Å². The van der Waals surface area contributed by atoms with E-state index in [0.717, 1.165) is 11.3 Å². The van der Waals surface area contributed by atoms with Crippen LogP contribution in [0.4, 0.5) is 15.8 Å². The van der Waals surface area contributed by atoms with E-state index in [2.05, 4.69) is 15.5 Å². The summed E-state index contributed by atoms with van der Waals surface area (Å²) in [7, 11) is 0. The number of nitrogens with zero attached hydrogens (tertiary/aromatic N) is 2. The van der Waals surface area contributed by atoms with Crippen LogP contribution in [0.2, 0.25) is 10.3 Å². The molecular formula is C11H8Cl2FN3. The molecule has 88 valence electrons. The molecule has 1 heterocycles. The third-order valence-corrected chi connectivity index (χ3v) is 2.64. The molecule has 1 aromatic heterocycles. The molecule has 2 aromatic rings. The maximum atomic E-state index is 12.9. The predicted molar refractivity (Wildman–Crippen MR) is 66.5 cm³/mol. The van der Waals surface area contributed by atoms with E-state index in [1.807, 2.05) is 0 Å². The van der Waals surface area contributed by atoms with Crippen molar-refractivity contribution < 1.29 is 4.39 Å². The average Bonchev–Trinajstić information content (AvgIpc) is 2.27. The molecule has 2 rings (SSSR count). The third kappa shape index (κ3) is 2.84. The molecule has 0 aliphatic rings. The fraction of sp³-hybridized carbons (Fsp3) is 0.0909. The zero-order valence-corrected chi connectivity index (χ0v) is 10.3. The predicted octanol–water partition coefficient (Wildman–Crippen LogP) is 3.97. The summed E-state index contributed by atoms with van der Waals surface area (Å²) in [6.07, 6.45) is 0. The first-order valence-corrected chi connectivity index (χ1v) is 5.54. The minimum absolute atomic E-state index is 0.207. The van der Waals surface area contributed by atoms with Gasteiger partial charge in [0.25, 0.3) is 0 Å². The summed E-state index contributed by atoms with van der Waals surface area (Å²) in [5, 5.41) is 10.7. The molecule has 0 saturated heterocycles. The molecule has 0 unspecified atom stereocenters. The van der Waals surface area contributed by atoms with E-state index in [9.17, 15) is 4.39 Å². The maximum Gasteiger partial charge on any atom is 0.175 e. The molecule has 0 bridgehead atoms. The van der Waals surface area contributed by atoms with Crippen molar-refractivity contribution in [2.24, 2.45) is 0 Å². The molecule has 1 N–H and O–H groups in total. The van der Waals surface area contributed by atoms with Crippen molar-refractivity contribution in [1.29, 1.82) is 0 Å². The summed E-state index contributed by atoms with van der Waals surface area (Å²) in [4.78, 5) is 0. The lowest BCUT2D eigenvalue weighted by molar-refractivity contribution is 0.627. The first-order chi connectivity index (χ1) is 8.06. The van der Waals surface area contributed by atoms with Crippen LogP contribution in [0.25, 0.3) is 0 Å². The minimum atomic E-state index is -0.287. The highest BCUT2D eigenvalue weighted by molar-refractivity contribution is 6.33. The van der Waals surface area contributed by atoms with Crippen LogP contribution in [-0.2, 0) is 0 Å². The smallest absolute Gasteiger partial charge is 0.175 e. The Bertz CT molecular complexity index is 560. The molecule has 0 aliphatic carbocycles. The van der Waals surface area contributed by atoms with E-state index in [0.29, 0.717) is 5.69 Å². The number of nitrogens with one attached hydrogen (secondary N) is 1. The Hall–Kier alpha value is -1.39. The lowest BCUT2D eigenvalue weighted by Crippen LogP contribution is -1.97. The minimum Gasteiger partial charge on any atom is -0.353 e. The van der Waals surface area contributed by atoms with Gasteiger partial charge >= 0.3 is 0 Å². The second kappa shape index (κ2) is 4.85. The second-order valence-electron chi connectivity index (χ2n) is 3.46. The third-order valence-electron chi connectivity index (χ3n) is 2.18. The number of hydrogen-bond donors (Lipinski definition) is 1. The lowest BCUT2D eigenvalue weighted by Gasteiger charge is -2.10. The van der Waals surface area contributed by atoms with Gasteiger partial charge in [0.15, 0.2) is 10.3 Å². The topological polar surface area (TPSA) is 37.8 Å². The number of halogens is 3. The van der Waals surface area contributed by atoms with Crippen LogP contribution in [0.3, 0.4) is 0 Å². The van der Waals surface area contributed by atoms with Gasteiger partial charge in [-0.15, -0.1) is 10.2 Å². The quantitative estimate of drug-likeness (QED) is 0.898. The van der Waals surface area contributed by atoms with Crippen LogP contribution in [0.1, 0.15) is 5.56 Å². The van der Waals surface area contributed by atoms with Gasteiger partial charge in [-0.1, -0.05) is 23.2 Å². The van der Waals surface area contributed by atoms with Crippen molar-refractivity contribution in [2.45, 2.75) is 6.92 Å². The normalized spacial score (nSPS) is 10.4. The summed E-state index contributed by atoms with van der Waals surface area (Å²) in [6.45, 7) is 1.79. The van der Waals surface area contributed by atoms with E-state index >= 15 is 0 Å². The van der Waals surface area contributed by atoms with E-state index in [-0.39, 0.29) is 16.1 Å². The van der Waals surface area contributed by atoms with Gasteiger partial charge in [0.2, 0.25) is 0 Å². The number of aromatic nitrogens is 2. The van der Waals surface area contributed by atoms with Gasteiger partial charge < -0.3 is 5.32 Å². The summed E-state index contributed by atoms with van der Waals surface area (Å²) in [5.41, 5.74) is 2.02. The summed E-state index contributed by atoms with van der Waals surface area (Å²) >= 11 is 11.6. The molecule has 0 spiro atoms. The van der Waals surface area contributed by atoms with Crippen molar-refractivity contribution in [3.63, 3.8) is 0 Å². The first kappa shape index (κ1) is 12.1. The van der Waals surface area contributed by atoms with Crippen molar-refractivity contribution in [2.75, 3.05) is 5.32 Å². The van der Waals surface area contributed by atoms with Crippen LogP contribution in [0.15, 0.2) is 24.3 Å². The molecule has 0 aliphatic heterocycles. The Morgan fingerprint density at radius 2 is 1.88 bits per heavy atom. The van der Waals surface area contributed by atoms with Crippen LogP contribution in [-0.4, -0.2) is 10.2 Å². The van der Waals surface area contributed by atoms with E-state index < -0.39 is 0 Å². The van der Waals surface area contributed by atoms with E-state index in [1.54, 1.807) is 19.1 Å². The fourth-order valence-corrected chi connectivity index (χ4v) is 1.64. The van der Waals surface area contributed by atoms with E-state index in [4.69, 9.17) is 23.2 Å². The number of aryl methyl sites for hydroxylation is 1. The van der Waals surface area contributed by atoms with Gasteiger partial charge in [-0.25, -0.2) is 4.39 Å². The van der Waals surface area contributed by atoms with Gasteiger partial charge in [-0.2, -0.15) is 0 Å². The van der Waals surface area contributed by atoms with Crippen molar-refractivity contribution >= 4 is 34.6 Å². The molecule has 17 heavy (non-hydrogen) atoms. The van der Waals surface area contributed by atoms with Crippen LogP contribution in [0, 0.1) is 12.7 Å². The monoisotopic (exact) mass is 271 g/mol. The Balaban J connectivity index is 2.34. The van der Waals surface area contributed by atoms with Crippen LogP contribution >= 0.6 is 23.2 Å². The fourth-order valence-electron chi connectivity index (χ4n) is 1.35. The number of rotatable bonds is 2. The van der Waals surface area contributed by atoms with Crippen molar-refractivity contribution in [1.82, 2.24) is 10.2 Å². The highest BCUT2D eigenvalue weighted by Crippen LogP contribution is 2.26. The molecular weight excluding hydrogens is 264 g/mol. The molecule has 0 amide bonds. The summed E-state index contributed by atoms with van der Waals surface area (Å²) in [6, 6.07) is 5.96. The molecule has 0 fully saturated rings. The highest BCUT2D eigenvalue weighted by Gasteiger charge is 2.06. The molecule has 1 aromatic carbocycles. The number of benzene rings is 1. The Kier molecular flexibility index (Phi) is 3.45. The Morgan fingerprint density at radius 1 is 1.12 bits per heavy atom. The van der Waals surface area contributed by atoms with Gasteiger partial charge in [-0.05, 0) is 30.7 Å².